The third kappa shape index (κ3) is 4.28. The fourth-order valence-corrected chi connectivity index (χ4v) is 2.04. The summed E-state index contributed by atoms with van der Waals surface area (Å²) in [5.74, 6) is -2.21. The number of alkyl halides is 3. The maximum absolute atomic E-state index is 12.9. The highest BCUT2D eigenvalue weighted by Crippen LogP contribution is 2.34. The summed E-state index contributed by atoms with van der Waals surface area (Å²) in [6, 6.07) is -1.99. The van der Waals surface area contributed by atoms with Gasteiger partial charge in [0.2, 0.25) is 0 Å². The van der Waals surface area contributed by atoms with E-state index < -0.39 is 48.8 Å². The van der Waals surface area contributed by atoms with E-state index in [1.54, 1.807) is 0 Å². The number of carboxylic acid groups (broad SMARTS) is 1. The number of hydrogen-bond acceptors (Lipinski definition) is 3. The number of likely N-dealkylation sites (tertiary alicyclic amines) is 1. The molecule has 8 heteroatoms. The van der Waals surface area contributed by atoms with Crippen molar-refractivity contribution in [2.75, 3.05) is 6.54 Å². The number of carbonyl (C=O) groups excluding carboxylic acids is 1. The fourth-order valence-electron chi connectivity index (χ4n) is 2.04. The van der Waals surface area contributed by atoms with E-state index in [2.05, 4.69) is 0 Å². The molecule has 1 N–H and O–H groups in total. The molecule has 0 saturated carbocycles. The molecule has 1 aliphatic rings. The minimum absolute atomic E-state index is 0.112. The second kappa shape index (κ2) is 5.49. The van der Waals surface area contributed by atoms with Gasteiger partial charge in [0.25, 0.3) is 0 Å². The first-order chi connectivity index (χ1) is 8.92. The van der Waals surface area contributed by atoms with Crippen LogP contribution in [0.25, 0.3) is 0 Å². The average Bonchev–Trinajstić information content (AvgIpc) is 2.24. The van der Waals surface area contributed by atoms with Gasteiger partial charge in [0, 0.05) is 6.54 Å². The topological polar surface area (TPSA) is 66.8 Å². The Hall–Kier alpha value is -1.47. The van der Waals surface area contributed by atoms with Crippen molar-refractivity contribution < 1.29 is 32.6 Å². The second-order valence-corrected chi connectivity index (χ2v) is 5.80. The van der Waals surface area contributed by atoms with Crippen LogP contribution < -0.4 is 0 Å². The standard InChI is InChI=1S/C12H18F3NO4/c1-11(2,3)20-10(19)16-6-7(9(17)18)4-5-8(16)12(13,14)15/h7-8H,4-6H2,1-3H3,(H,17,18)/t7-,8-/m1/s1. The SMILES string of the molecule is CC(C)(C)OC(=O)N1C[C@H](C(=O)O)CC[C@@H]1C(F)(F)F. The molecular formula is C12H18F3NO4. The van der Waals surface area contributed by atoms with Gasteiger partial charge in [0.15, 0.2) is 0 Å². The third-order valence-corrected chi connectivity index (χ3v) is 2.94. The average molecular weight is 297 g/mol. The van der Waals surface area contributed by atoms with Crippen molar-refractivity contribution in [1.82, 2.24) is 4.90 Å². The van der Waals surface area contributed by atoms with E-state index in [1.165, 1.54) is 20.8 Å². The molecule has 1 amide bonds. The van der Waals surface area contributed by atoms with E-state index in [1.807, 2.05) is 0 Å². The molecule has 0 aromatic heterocycles. The van der Waals surface area contributed by atoms with Gasteiger partial charge in [-0.05, 0) is 33.6 Å². The van der Waals surface area contributed by atoms with Gasteiger partial charge in [0.05, 0.1) is 5.92 Å². The monoisotopic (exact) mass is 297 g/mol. The van der Waals surface area contributed by atoms with Crippen molar-refractivity contribution >= 4 is 12.1 Å². The maximum Gasteiger partial charge on any atom is 0.410 e. The van der Waals surface area contributed by atoms with Gasteiger partial charge in [0.1, 0.15) is 11.6 Å². The van der Waals surface area contributed by atoms with Crippen molar-refractivity contribution in [3.63, 3.8) is 0 Å². The molecule has 0 bridgehead atoms. The summed E-state index contributed by atoms with van der Waals surface area (Å²) < 4.78 is 43.7. The molecule has 0 aliphatic carbocycles. The molecule has 1 heterocycles. The molecule has 0 spiro atoms. The predicted octanol–water partition coefficient (Wildman–Crippen LogP) is 2.65. The summed E-state index contributed by atoms with van der Waals surface area (Å²) in [6.45, 7) is 4.11. The first kappa shape index (κ1) is 16.6. The van der Waals surface area contributed by atoms with Crippen molar-refractivity contribution in [3.8, 4) is 0 Å². The lowest BCUT2D eigenvalue weighted by molar-refractivity contribution is -0.193. The summed E-state index contributed by atoms with van der Waals surface area (Å²) in [6.07, 6.45) is -6.27. The summed E-state index contributed by atoms with van der Waals surface area (Å²) in [5, 5.41) is 8.90. The highest BCUT2D eigenvalue weighted by Gasteiger charge is 2.50. The molecule has 0 unspecified atom stereocenters. The first-order valence-electron chi connectivity index (χ1n) is 6.21. The van der Waals surface area contributed by atoms with Crippen molar-refractivity contribution in [1.29, 1.82) is 0 Å². The summed E-state index contributed by atoms with van der Waals surface area (Å²) >= 11 is 0. The number of halogens is 3. The van der Waals surface area contributed by atoms with Gasteiger partial charge in [-0.25, -0.2) is 4.79 Å². The van der Waals surface area contributed by atoms with Gasteiger partial charge in [-0.3, -0.25) is 9.69 Å². The highest BCUT2D eigenvalue weighted by atomic mass is 19.4. The molecule has 0 aromatic rings. The normalized spacial score (nSPS) is 24.4. The van der Waals surface area contributed by atoms with Crippen LogP contribution in [0.4, 0.5) is 18.0 Å². The molecule has 1 fully saturated rings. The molecule has 116 valence electrons. The number of carboxylic acids is 1. The Labute approximate surface area is 114 Å². The molecule has 0 radical (unpaired) electrons. The minimum atomic E-state index is -4.60. The van der Waals surface area contributed by atoms with Gasteiger partial charge >= 0.3 is 18.2 Å². The van der Waals surface area contributed by atoms with E-state index in [9.17, 15) is 22.8 Å². The van der Waals surface area contributed by atoms with Crippen LogP contribution in [0.2, 0.25) is 0 Å². The first-order valence-corrected chi connectivity index (χ1v) is 6.21. The summed E-state index contributed by atoms with van der Waals surface area (Å²) in [7, 11) is 0. The van der Waals surface area contributed by atoms with Crippen molar-refractivity contribution in [3.05, 3.63) is 0 Å². The van der Waals surface area contributed by atoms with Crippen LogP contribution in [-0.2, 0) is 9.53 Å². The Morgan fingerprint density at radius 3 is 2.15 bits per heavy atom. The summed E-state index contributed by atoms with van der Waals surface area (Å²) in [5.41, 5.74) is -0.941. The van der Waals surface area contributed by atoms with Crippen LogP contribution in [-0.4, -0.2) is 46.4 Å². The van der Waals surface area contributed by atoms with Crippen LogP contribution in [0.3, 0.4) is 0 Å². The predicted molar refractivity (Wildman–Crippen MR) is 63.1 cm³/mol. The molecule has 1 rings (SSSR count). The lowest BCUT2D eigenvalue weighted by Gasteiger charge is -2.39. The van der Waals surface area contributed by atoms with Gasteiger partial charge in [-0.15, -0.1) is 0 Å². The molecule has 2 atom stereocenters. The summed E-state index contributed by atoms with van der Waals surface area (Å²) in [4.78, 5) is 23.2. The Kier molecular flexibility index (Phi) is 4.55. The maximum atomic E-state index is 12.9. The van der Waals surface area contributed by atoms with Crippen LogP contribution in [0.5, 0.6) is 0 Å². The van der Waals surface area contributed by atoms with Crippen molar-refractivity contribution in [2.45, 2.75) is 51.4 Å². The third-order valence-electron chi connectivity index (χ3n) is 2.94. The van der Waals surface area contributed by atoms with Crippen LogP contribution in [0, 0.1) is 5.92 Å². The number of nitrogens with zero attached hydrogens (tertiary/aromatic N) is 1. The fraction of sp³-hybridized carbons (Fsp3) is 0.833. The van der Waals surface area contributed by atoms with E-state index in [-0.39, 0.29) is 6.42 Å². The molecular weight excluding hydrogens is 279 g/mol. The Bertz CT molecular complexity index is 389. The Morgan fingerprint density at radius 1 is 1.20 bits per heavy atom. The second-order valence-electron chi connectivity index (χ2n) is 5.80. The zero-order valence-corrected chi connectivity index (χ0v) is 11.5. The Morgan fingerprint density at radius 2 is 1.75 bits per heavy atom. The number of ether oxygens (including phenoxy) is 1. The number of hydrogen-bond donors (Lipinski definition) is 1. The van der Waals surface area contributed by atoms with Crippen LogP contribution >= 0.6 is 0 Å². The number of amides is 1. The van der Waals surface area contributed by atoms with Crippen molar-refractivity contribution in [2.24, 2.45) is 5.92 Å². The number of rotatable bonds is 1. The van der Waals surface area contributed by atoms with E-state index in [0.717, 1.165) is 0 Å². The molecule has 20 heavy (non-hydrogen) atoms. The van der Waals surface area contributed by atoms with Gasteiger partial charge < -0.3 is 9.84 Å². The van der Waals surface area contributed by atoms with E-state index >= 15 is 0 Å². The molecule has 1 aliphatic heterocycles. The highest BCUT2D eigenvalue weighted by molar-refractivity contribution is 5.73. The smallest absolute Gasteiger partial charge is 0.410 e. The molecule has 0 aromatic carbocycles. The lowest BCUT2D eigenvalue weighted by atomic mass is 9.93. The van der Waals surface area contributed by atoms with E-state index in [0.29, 0.717) is 4.90 Å². The number of carbonyl (C=O) groups is 2. The quantitative estimate of drug-likeness (QED) is 0.808. The number of piperidine rings is 1. The largest absolute Gasteiger partial charge is 0.481 e. The van der Waals surface area contributed by atoms with Gasteiger partial charge in [-0.1, -0.05) is 0 Å². The van der Waals surface area contributed by atoms with Crippen LogP contribution in [0.1, 0.15) is 33.6 Å². The lowest BCUT2D eigenvalue weighted by Crippen LogP contribution is -2.55. The zero-order valence-electron chi connectivity index (χ0n) is 11.5. The Balaban J connectivity index is 2.92. The van der Waals surface area contributed by atoms with Crippen LogP contribution in [0.15, 0.2) is 0 Å². The van der Waals surface area contributed by atoms with Gasteiger partial charge in [-0.2, -0.15) is 13.2 Å². The minimum Gasteiger partial charge on any atom is -0.481 e. The van der Waals surface area contributed by atoms with E-state index in [4.69, 9.17) is 9.84 Å². The number of aliphatic carboxylic acids is 1. The molecule has 5 nitrogen and oxygen atoms in total. The molecule has 1 saturated heterocycles. The zero-order chi connectivity index (χ0) is 15.7.